The van der Waals surface area contributed by atoms with Crippen molar-refractivity contribution in [3.8, 4) is 5.75 Å². The largest absolute Gasteiger partial charge is 0.497 e. The average molecular weight is 388 g/mol. The van der Waals surface area contributed by atoms with Gasteiger partial charge in [-0.2, -0.15) is 0 Å². The molecule has 0 amide bonds. The molecule has 138 valence electrons. The van der Waals surface area contributed by atoms with E-state index < -0.39 is 0 Å². The molecule has 0 aliphatic carbocycles. The van der Waals surface area contributed by atoms with Gasteiger partial charge in [0, 0.05) is 35.2 Å². The van der Waals surface area contributed by atoms with Crippen LogP contribution in [-0.4, -0.2) is 35.2 Å². The molecule has 1 aromatic heterocycles. The van der Waals surface area contributed by atoms with E-state index in [4.69, 9.17) is 17.0 Å². The van der Waals surface area contributed by atoms with Gasteiger partial charge in [-0.3, -0.25) is 4.90 Å². The fourth-order valence-electron chi connectivity index (χ4n) is 4.26. The Labute approximate surface area is 164 Å². The van der Waals surface area contributed by atoms with Crippen molar-refractivity contribution in [2.75, 3.05) is 12.4 Å². The number of benzene rings is 1. The molecule has 6 heteroatoms. The molecule has 2 unspecified atom stereocenters. The van der Waals surface area contributed by atoms with Gasteiger partial charge in [0.25, 0.3) is 0 Å². The quantitative estimate of drug-likeness (QED) is 0.751. The van der Waals surface area contributed by atoms with Crippen LogP contribution in [-0.2, 0) is 6.54 Å². The first-order valence-electron chi connectivity index (χ1n) is 9.21. The molecule has 0 spiro atoms. The normalized spacial score (nSPS) is 25.0. The summed E-state index contributed by atoms with van der Waals surface area (Å²) in [5, 5.41) is 9.72. The molecule has 4 nitrogen and oxygen atoms in total. The van der Waals surface area contributed by atoms with Gasteiger partial charge in [0.05, 0.1) is 7.11 Å². The van der Waals surface area contributed by atoms with E-state index in [9.17, 15) is 0 Å². The second kappa shape index (κ2) is 7.94. The highest BCUT2D eigenvalue weighted by molar-refractivity contribution is 7.80. The Morgan fingerprint density at radius 1 is 1.19 bits per heavy atom. The highest BCUT2D eigenvalue weighted by Gasteiger charge is 2.40. The van der Waals surface area contributed by atoms with Gasteiger partial charge < -0.3 is 15.4 Å². The maximum atomic E-state index is 5.53. The average Bonchev–Trinajstić information content (AvgIpc) is 3.22. The van der Waals surface area contributed by atoms with Gasteiger partial charge in [-0.1, -0.05) is 6.07 Å². The number of anilines is 1. The summed E-state index contributed by atoms with van der Waals surface area (Å²) >= 11 is 7.40. The van der Waals surface area contributed by atoms with E-state index in [1.54, 1.807) is 7.11 Å². The molecule has 2 atom stereocenters. The summed E-state index contributed by atoms with van der Waals surface area (Å²) < 4.78 is 5.19. The number of piperidine rings is 1. The zero-order chi connectivity index (χ0) is 17.9. The molecule has 26 heavy (non-hydrogen) atoms. The monoisotopic (exact) mass is 387 g/mol. The smallest absolute Gasteiger partial charge is 0.170 e. The van der Waals surface area contributed by atoms with Crippen LogP contribution < -0.4 is 15.4 Å². The molecule has 1 aromatic carbocycles. The summed E-state index contributed by atoms with van der Waals surface area (Å²) in [7, 11) is 1.67. The molecule has 2 aromatic rings. The first kappa shape index (κ1) is 17.8. The Hall–Kier alpha value is -1.63. The molecule has 0 saturated carbocycles. The summed E-state index contributed by atoms with van der Waals surface area (Å²) in [6.07, 6.45) is 4.97. The van der Waals surface area contributed by atoms with E-state index in [-0.39, 0.29) is 0 Å². The van der Waals surface area contributed by atoms with Gasteiger partial charge in [0.1, 0.15) is 5.75 Å². The predicted molar refractivity (Wildman–Crippen MR) is 112 cm³/mol. The van der Waals surface area contributed by atoms with E-state index in [0.29, 0.717) is 23.2 Å². The van der Waals surface area contributed by atoms with Gasteiger partial charge in [-0.05, 0) is 73.6 Å². The second-order valence-electron chi connectivity index (χ2n) is 7.13. The lowest BCUT2D eigenvalue weighted by molar-refractivity contribution is 0.116. The number of thiophene rings is 1. The molecule has 0 radical (unpaired) electrons. The Balaban J connectivity index is 1.30. The third kappa shape index (κ3) is 4.03. The van der Waals surface area contributed by atoms with Crippen LogP contribution in [0.4, 0.5) is 5.69 Å². The van der Waals surface area contributed by atoms with Crippen LogP contribution in [0.2, 0.25) is 0 Å². The third-order valence-electron chi connectivity index (χ3n) is 5.49. The standard InChI is InChI=1S/C20H25N3OS2/c1-24-18-8-4-14(5-9-18)21-20(25)22-15-11-16-6-7-17(12-15)23(16)13-19-3-2-10-26-19/h2-5,8-10,15-17H,6-7,11-13H2,1H3,(H2,21,22,25). The van der Waals surface area contributed by atoms with Crippen LogP contribution in [0.25, 0.3) is 0 Å². The highest BCUT2D eigenvalue weighted by atomic mass is 32.1. The molecule has 3 heterocycles. The van der Waals surface area contributed by atoms with E-state index in [0.717, 1.165) is 18.0 Å². The lowest BCUT2D eigenvalue weighted by Crippen LogP contribution is -2.50. The minimum atomic E-state index is 0.463. The lowest BCUT2D eigenvalue weighted by atomic mass is 9.97. The van der Waals surface area contributed by atoms with Gasteiger partial charge >= 0.3 is 0 Å². The molecular weight excluding hydrogens is 362 g/mol. The number of fused-ring (bicyclic) bond motifs is 2. The second-order valence-corrected chi connectivity index (χ2v) is 8.57. The fourth-order valence-corrected chi connectivity index (χ4v) is 5.26. The molecule has 2 bridgehead atoms. The summed E-state index contributed by atoms with van der Waals surface area (Å²) in [6.45, 7) is 1.11. The van der Waals surface area contributed by atoms with Crippen molar-refractivity contribution in [3.63, 3.8) is 0 Å². The Morgan fingerprint density at radius 3 is 2.54 bits per heavy atom. The Morgan fingerprint density at radius 2 is 1.92 bits per heavy atom. The zero-order valence-electron chi connectivity index (χ0n) is 15.0. The number of thiocarbonyl (C=S) groups is 1. The van der Waals surface area contributed by atoms with Crippen LogP contribution in [0.5, 0.6) is 5.75 Å². The Kier molecular flexibility index (Phi) is 5.43. The predicted octanol–water partition coefficient (Wildman–Crippen LogP) is 4.24. The first-order chi connectivity index (χ1) is 12.7. The van der Waals surface area contributed by atoms with Gasteiger partial charge in [-0.25, -0.2) is 0 Å². The number of rotatable bonds is 5. The minimum Gasteiger partial charge on any atom is -0.497 e. The van der Waals surface area contributed by atoms with Crippen LogP contribution in [0.1, 0.15) is 30.6 Å². The van der Waals surface area contributed by atoms with Crippen LogP contribution in [0.3, 0.4) is 0 Å². The van der Waals surface area contributed by atoms with Crippen molar-refractivity contribution in [1.82, 2.24) is 10.2 Å². The third-order valence-corrected chi connectivity index (χ3v) is 6.57. The Bertz CT molecular complexity index is 718. The summed E-state index contributed by atoms with van der Waals surface area (Å²) in [5.74, 6) is 0.851. The van der Waals surface area contributed by atoms with E-state index in [1.807, 2.05) is 35.6 Å². The van der Waals surface area contributed by atoms with Crippen molar-refractivity contribution >= 4 is 34.4 Å². The maximum absolute atomic E-state index is 5.53. The number of ether oxygens (including phenoxy) is 1. The molecular formula is C20H25N3OS2. The number of hydrogen-bond donors (Lipinski definition) is 2. The fraction of sp³-hybridized carbons (Fsp3) is 0.450. The zero-order valence-corrected chi connectivity index (χ0v) is 16.6. The van der Waals surface area contributed by atoms with E-state index >= 15 is 0 Å². The van der Waals surface area contributed by atoms with Crippen molar-refractivity contribution < 1.29 is 4.74 Å². The van der Waals surface area contributed by atoms with Crippen LogP contribution in [0.15, 0.2) is 41.8 Å². The molecule has 4 rings (SSSR count). The minimum absolute atomic E-state index is 0.463. The molecule has 2 aliphatic rings. The lowest BCUT2D eigenvalue weighted by Gasteiger charge is -2.39. The summed E-state index contributed by atoms with van der Waals surface area (Å²) in [6, 6.07) is 14.1. The van der Waals surface area contributed by atoms with Gasteiger partial charge in [-0.15, -0.1) is 11.3 Å². The van der Waals surface area contributed by atoms with Crippen LogP contribution in [0, 0.1) is 0 Å². The number of methoxy groups -OCH3 is 1. The van der Waals surface area contributed by atoms with Gasteiger partial charge in [0.2, 0.25) is 0 Å². The number of nitrogens with one attached hydrogen (secondary N) is 2. The van der Waals surface area contributed by atoms with Crippen LogP contribution >= 0.6 is 23.6 Å². The number of nitrogens with zero attached hydrogens (tertiary/aromatic N) is 1. The first-order valence-corrected chi connectivity index (χ1v) is 10.5. The number of hydrogen-bond acceptors (Lipinski definition) is 4. The van der Waals surface area contributed by atoms with Crippen molar-refractivity contribution in [2.24, 2.45) is 0 Å². The maximum Gasteiger partial charge on any atom is 0.170 e. The van der Waals surface area contributed by atoms with Crippen molar-refractivity contribution in [3.05, 3.63) is 46.7 Å². The molecule has 2 aliphatic heterocycles. The summed E-state index contributed by atoms with van der Waals surface area (Å²) in [5.41, 5.74) is 0.987. The molecule has 2 saturated heterocycles. The van der Waals surface area contributed by atoms with E-state index in [1.165, 1.54) is 30.6 Å². The van der Waals surface area contributed by atoms with Gasteiger partial charge in [0.15, 0.2) is 5.11 Å². The molecule has 2 fully saturated rings. The molecule has 2 N–H and O–H groups in total. The highest BCUT2D eigenvalue weighted by Crippen LogP contribution is 2.37. The van der Waals surface area contributed by atoms with E-state index in [2.05, 4.69) is 33.0 Å². The summed E-state index contributed by atoms with van der Waals surface area (Å²) in [4.78, 5) is 4.19. The van der Waals surface area contributed by atoms with Crippen molar-refractivity contribution in [2.45, 2.75) is 50.4 Å². The SMILES string of the molecule is COc1ccc(NC(=S)NC2CC3CCC(C2)N3Cc2cccs2)cc1. The van der Waals surface area contributed by atoms with Crippen molar-refractivity contribution in [1.29, 1.82) is 0 Å². The topological polar surface area (TPSA) is 36.5 Å².